The van der Waals surface area contributed by atoms with Crippen LogP contribution in [-0.4, -0.2) is 52.9 Å². The van der Waals surface area contributed by atoms with E-state index in [1.165, 1.54) is 6.20 Å². The van der Waals surface area contributed by atoms with Gasteiger partial charge in [-0.05, 0) is 40.0 Å². The first-order valence-corrected chi connectivity index (χ1v) is 6.12. The molecule has 2 N–H and O–H groups in total. The normalized spacial score (nSPS) is 11.1. The van der Waals surface area contributed by atoms with Gasteiger partial charge in [0.15, 0.2) is 0 Å². The Balaban J connectivity index is 2.31. The second kappa shape index (κ2) is 7.13. The van der Waals surface area contributed by atoms with Crippen LogP contribution in [0.5, 0.6) is 0 Å². The van der Waals surface area contributed by atoms with Crippen molar-refractivity contribution in [1.82, 2.24) is 20.0 Å². The Kier molecular flexibility index (Phi) is 5.80. The van der Waals surface area contributed by atoms with E-state index < -0.39 is 5.97 Å². The van der Waals surface area contributed by atoms with E-state index in [4.69, 9.17) is 5.11 Å². The van der Waals surface area contributed by atoms with E-state index in [1.54, 1.807) is 11.7 Å². The minimum atomic E-state index is -0.924. The van der Waals surface area contributed by atoms with Crippen molar-refractivity contribution in [2.45, 2.75) is 19.4 Å². The molecule has 1 aromatic rings. The highest BCUT2D eigenvalue weighted by molar-refractivity contribution is 5.88. The Morgan fingerprint density at radius 1 is 1.50 bits per heavy atom. The maximum absolute atomic E-state index is 11.0. The van der Waals surface area contributed by atoms with Crippen molar-refractivity contribution in [2.75, 3.05) is 27.2 Å². The molecule has 0 radical (unpaired) electrons. The van der Waals surface area contributed by atoms with Crippen molar-refractivity contribution >= 4 is 5.97 Å². The highest BCUT2D eigenvalue weighted by Gasteiger charge is 2.13. The number of hydrogen-bond acceptors (Lipinski definition) is 4. The van der Waals surface area contributed by atoms with Crippen LogP contribution >= 0.6 is 0 Å². The molecule has 1 heterocycles. The molecular weight excluding hydrogens is 232 g/mol. The SMILES string of the molecule is CN(C)CCCCNCc1c(C(=O)O)cnn1C. The Labute approximate surface area is 108 Å². The molecule has 6 heteroatoms. The zero-order valence-electron chi connectivity index (χ0n) is 11.3. The van der Waals surface area contributed by atoms with Crippen molar-refractivity contribution in [1.29, 1.82) is 0 Å². The lowest BCUT2D eigenvalue weighted by Crippen LogP contribution is -2.20. The monoisotopic (exact) mass is 254 g/mol. The van der Waals surface area contributed by atoms with Gasteiger partial charge in [0.1, 0.15) is 5.56 Å². The van der Waals surface area contributed by atoms with Crippen LogP contribution in [0.4, 0.5) is 0 Å². The number of aryl methyl sites for hydroxylation is 1. The molecule has 0 amide bonds. The van der Waals surface area contributed by atoms with Crippen LogP contribution in [0.3, 0.4) is 0 Å². The molecule has 1 aromatic heterocycles. The van der Waals surface area contributed by atoms with Crippen LogP contribution in [0.2, 0.25) is 0 Å². The Morgan fingerprint density at radius 2 is 2.22 bits per heavy atom. The second-order valence-electron chi connectivity index (χ2n) is 4.62. The zero-order valence-corrected chi connectivity index (χ0v) is 11.3. The number of carbonyl (C=O) groups is 1. The Bertz CT molecular complexity index is 387. The van der Waals surface area contributed by atoms with Gasteiger partial charge in [-0.15, -0.1) is 0 Å². The molecule has 0 fully saturated rings. The van der Waals surface area contributed by atoms with Gasteiger partial charge in [0, 0.05) is 13.6 Å². The lowest BCUT2D eigenvalue weighted by Gasteiger charge is -2.09. The maximum atomic E-state index is 11.0. The fourth-order valence-corrected chi connectivity index (χ4v) is 1.74. The summed E-state index contributed by atoms with van der Waals surface area (Å²) < 4.78 is 1.61. The fourth-order valence-electron chi connectivity index (χ4n) is 1.74. The average molecular weight is 254 g/mol. The topological polar surface area (TPSA) is 70.4 Å². The lowest BCUT2D eigenvalue weighted by atomic mass is 10.2. The Morgan fingerprint density at radius 3 is 2.83 bits per heavy atom. The minimum absolute atomic E-state index is 0.276. The number of carboxylic acids is 1. The van der Waals surface area contributed by atoms with Gasteiger partial charge in [0.25, 0.3) is 0 Å². The summed E-state index contributed by atoms with van der Waals surface area (Å²) in [5.74, 6) is -0.924. The second-order valence-corrected chi connectivity index (χ2v) is 4.62. The van der Waals surface area contributed by atoms with E-state index in [1.807, 2.05) is 0 Å². The van der Waals surface area contributed by atoms with Crippen LogP contribution in [0.1, 0.15) is 28.9 Å². The number of carboxylic acid groups (broad SMARTS) is 1. The molecule has 0 atom stereocenters. The lowest BCUT2D eigenvalue weighted by molar-refractivity contribution is 0.0695. The zero-order chi connectivity index (χ0) is 13.5. The molecule has 0 aromatic carbocycles. The average Bonchev–Trinajstić information content (AvgIpc) is 2.65. The molecule has 0 spiro atoms. The van der Waals surface area contributed by atoms with Crippen LogP contribution in [0.25, 0.3) is 0 Å². The number of nitrogens with one attached hydrogen (secondary N) is 1. The van der Waals surface area contributed by atoms with Gasteiger partial charge in [-0.3, -0.25) is 4.68 Å². The van der Waals surface area contributed by atoms with Crippen LogP contribution in [0, 0.1) is 0 Å². The largest absolute Gasteiger partial charge is 0.478 e. The number of hydrogen-bond donors (Lipinski definition) is 2. The summed E-state index contributed by atoms with van der Waals surface area (Å²) in [6.45, 7) is 2.51. The molecule has 0 unspecified atom stereocenters. The van der Waals surface area contributed by atoms with Gasteiger partial charge < -0.3 is 15.3 Å². The third-order valence-corrected chi connectivity index (χ3v) is 2.79. The van der Waals surface area contributed by atoms with Gasteiger partial charge >= 0.3 is 5.97 Å². The molecule has 0 saturated heterocycles. The van der Waals surface area contributed by atoms with E-state index in [9.17, 15) is 4.79 Å². The number of aromatic nitrogens is 2. The van der Waals surface area contributed by atoms with E-state index >= 15 is 0 Å². The molecule has 1 rings (SSSR count). The van der Waals surface area contributed by atoms with E-state index in [0.29, 0.717) is 6.54 Å². The van der Waals surface area contributed by atoms with Gasteiger partial charge in [-0.1, -0.05) is 0 Å². The summed E-state index contributed by atoms with van der Waals surface area (Å²) in [6, 6.07) is 0. The molecule has 18 heavy (non-hydrogen) atoms. The van der Waals surface area contributed by atoms with Gasteiger partial charge in [-0.2, -0.15) is 5.10 Å². The predicted molar refractivity (Wildman–Crippen MR) is 69.7 cm³/mol. The van der Waals surface area contributed by atoms with Crippen molar-refractivity contribution in [3.63, 3.8) is 0 Å². The van der Waals surface area contributed by atoms with E-state index in [2.05, 4.69) is 29.4 Å². The number of unbranched alkanes of at least 4 members (excludes halogenated alkanes) is 1. The summed E-state index contributed by atoms with van der Waals surface area (Å²) in [4.78, 5) is 13.1. The van der Waals surface area contributed by atoms with Crippen LogP contribution in [0.15, 0.2) is 6.20 Å². The van der Waals surface area contributed by atoms with Gasteiger partial charge in [-0.25, -0.2) is 4.79 Å². The molecule has 0 saturated carbocycles. The summed E-state index contributed by atoms with van der Waals surface area (Å²) >= 11 is 0. The molecule has 0 aliphatic rings. The number of rotatable bonds is 8. The first-order chi connectivity index (χ1) is 8.52. The van der Waals surface area contributed by atoms with E-state index in [0.717, 1.165) is 31.6 Å². The summed E-state index contributed by atoms with van der Waals surface area (Å²) in [5.41, 5.74) is 0.994. The first-order valence-electron chi connectivity index (χ1n) is 6.12. The highest BCUT2D eigenvalue weighted by atomic mass is 16.4. The standard InChI is InChI=1S/C12H22N4O2/c1-15(2)7-5-4-6-13-9-11-10(12(17)18)8-14-16(11)3/h8,13H,4-7,9H2,1-3H3,(H,17,18). The molecule has 0 aliphatic heterocycles. The van der Waals surface area contributed by atoms with Crippen molar-refractivity contribution < 1.29 is 9.90 Å². The third-order valence-electron chi connectivity index (χ3n) is 2.79. The number of aromatic carboxylic acids is 1. The van der Waals surface area contributed by atoms with E-state index in [-0.39, 0.29) is 5.56 Å². The van der Waals surface area contributed by atoms with Crippen molar-refractivity contribution in [2.24, 2.45) is 7.05 Å². The quantitative estimate of drug-likeness (QED) is 0.663. The van der Waals surface area contributed by atoms with Crippen LogP contribution < -0.4 is 5.32 Å². The van der Waals surface area contributed by atoms with Crippen molar-refractivity contribution in [3.05, 3.63) is 17.5 Å². The molecular formula is C12H22N4O2. The van der Waals surface area contributed by atoms with Gasteiger partial charge in [0.05, 0.1) is 11.9 Å². The van der Waals surface area contributed by atoms with Crippen LogP contribution in [-0.2, 0) is 13.6 Å². The van der Waals surface area contributed by atoms with Crippen molar-refractivity contribution in [3.8, 4) is 0 Å². The Hall–Kier alpha value is -1.40. The summed E-state index contributed by atoms with van der Waals surface area (Å²) in [5, 5.41) is 16.2. The minimum Gasteiger partial charge on any atom is -0.478 e. The summed E-state index contributed by atoms with van der Waals surface area (Å²) in [6.07, 6.45) is 3.61. The molecule has 102 valence electrons. The fraction of sp³-hybridized carbons (Fsp3) is 0.667. The maximum Gasteiger partial charge on any atom is 0.339 e. The molecule has 0 bridgehead atoms. The third kappa shape index (κ3) is 4.46. The first kappa shape index (κ1) is 14.7. The smallest absolute Gasteiger partial charge is 0.339 e. The highest BCUT2D eigenvalue weighted by Crippen LogP contribution is 2.06. The molecule has 0 aliphatic carbocycles. The number of nitrogens with zero attached hydrogens (tertiary/aromatic N) is 3. The van der Waals surface area contributed by atoms with Gasteiger partial charge in [0.2, 0.25) is 0 Å². The molecule has 6 nitrogen and oxygen atoms in total. The predicted octanol–water partition coefficient (Wildman–Crippen LogP) is 0.550. The summed E-state index contributed by atoms with van der Waals surface area (Å²) in [7, 11) is 5.87.